The van der Waals surface area contributed by atoms with Gasteiger partial charge in [0.15, 0.2) is 0 Å². The molecule has 0 saturated heterocycles. The summed E-state index contributed by atoms with van der Waals surface area (Å²) in [4.78, 5) is 0. The fraction of sp³-hybridized carbons (Fsp3) is 0.467. The molecule has 0 fully saturated rings. The van der Waals surface area contributed by atoms with Crippen molar-refractivity contribution in [3.8, 4) is 11.8 Å². The predicted octanol–water partition coefficient (Wildman–Crippen LogP) is 3.27. The molecule has 0 spiro atoms. The van der Waals surface area contributed by atoms with E-state index in [9.17, 15) is 9.50 Å². The van der Waals surface area contributed by atoms with Crippen LogP contribution in [0.4, 0.5) is 4.39 Å². The highest BCUT2D eigenvalue weighted by Crippen LogP contribution is 2.29. The van der Waals surface area contributed by atoms with Crippen molar-refractivity contribution >= 4 is 0 Å². The molecule has 0 aliphatic carbocycles. The van der Waals surface area contributed by atoms with E-state index in [1.165, 1.54) is 12.1 Å². The van der Waals surface area contributed by atoms with Crippen molar-refractivity contribution in [3.05, 3.63) is 35.6 Å². The van der Waals surface area contributed by atoms with Crippen molar-refractivity contribution < 1.29 is 9.50 Å². The molecular weight excluding hydrogens is 215 g/mol. The molecule has 1 nitrogen and oxygen atoms in total. The minimum Gasteiger partial charge on any atom is -0.392 e. The highest BCUT2D eigenvalue weighted by molar-refractivity contribution is 5.25. The molecular formula is C15H19FO. The normalized spacial score (nSPS) is 12.8. The first-order valence-electron chi connectivity index (χ1n) is 5.82. The lowest BCUT2D eigenvalue weighted by atomic mass is 9.78. The Bertz CT molecular complexity index is 409. The molecule has 1 aromatic rings. The average Bonchev–Trinajstić information content (AvgIpc) is 2.29. The van der Waals surface area contributed by atoms with Crippen molar-refractivity contribution in [3.63, 3.8) is 0 Å². The summed E-state index contributed by atoms with van der Waals surface area (Å²) < 4.78 is 12.8. The van der Waals surface area contributed by atoms with E-state index >= 15 is 0 Å². The largest absolute Gasteiger partial charge is 0.392 e. The van der Waals surface area contributed by atoms with Gasteiger partial charge >= 0.3 is 0 Å². The Kier molecular flexibility index (Phi) is 4.72. The van der Waals surface area contributed by atoms with Gasteiger partial charge in [0, 0.05) is 11.8 Å². The first-order valence-corrected chi connectivity index (χ1v) is 5.82. The van der Waals surface area contributed by atoms with Crippen molar-refractivity contribution in [1.82, 2.24) is 0 Å². The van der Waals surface area contributed by atoms with Crippen molar-refractivity contribution in [2.75, 3.05) is 0 Å². The zero-order chi connectivity index (χ0) is 12.9. The van der Waals surface area contributed by atoms with Gasteiger partial charge in [-0.1, -0.05) is 26.0 Å². The SMILES string of the molecule is CC#CCCC(O)C(C)(C)c1ccc(F)cc1. The molecule has 0 heterocycles. The van der Waals surface area contributed by atoms with E-state index < -0.39 is 6.10 Å². The standard InChI is InChI=1S/C15H19FO/c1-4-5-6-7-14(17)15(2,3)12-8-10-13(16)11-9-12/h8-11,14,17H,6-7H2,1-3H3. The van der Waals surface area contributed by atoms with Gasteiger partial charge in [-0.25, -0.2) is 4.39 Å². The van der Waals surface area contributed by atoms with Crippen LogP contribution in [-0.4, -0.2) is 11.2 Å². The summed E-state index contributed by atoms with van der Waals surface area (Å²) in [5, 5.41) is 10.2. The molecule has 1 atom stereocenters. The molecule has 2 heteroatoms. The van der Waals surface area contributed by atoms with Crippen LogP contribution in [0.2, 0.25) is 0 Å². The molecule has 0 aliphatic rings. The number of aliphatic hydroxyl groups is 1. The second kappa shape index (κ2) is 5.84. The molecule has 0 aromatic heterocycles. The van der Waals surface area contributed by atoms with Crippen LogP contribution in [0.5, 0.6) is 0 Å². The highest BCUT2D eigenvalue weighted by Gasteiger charge is 2.29. The molecule has 92 valence electrons. The lowest BCUT2D eigenvalue weighted by molar-refractivity contribution is 0.0927. The van der Waals surface area contributed by atoms with Gasteiger partial charge in [0.2, 0.25) is 0 Å². The molecule has 1 aromatic carbocycles. The van der Waals surface area contributed by atoms with E-state index in [-0.39, 0.29) is 11.2 Å². The van der Waals surface area contributed by atoms with Crippen LogP contribution in [0, 0.1) is 17.7 Å². The van der Waals surface area contributed by atoms with E-state index in [1.54, 1.807) is 19.1 Å². The van der Waals surface area contributed by atoms with Crippen LogP contribution in [0.1, 0.15) is 39.2 Å². The van der Waals surface area contributed by atoms with Gasteiger partial charge in [0.25, 0.3) is 0 Å². The van der Waals surface area contributed by atoms with Gasteiger partial charge in [0.1, 0.15) is 5.82 Å². The summed E-state index contributed by atoms with van der Waals surface area (Å²) >= 11 is 0. The second-order valence-corrected chi connectivity index (χ2v) is 4.71. The Morgan fingerprint density at radius 3 is 2.41 bits per heavy atom. The van der Waals surface area contributed by atoms with Crippen molar-refractivity contribution in [1.29, 1.82) is 0 Å². The van der Waals surface area contributed by atoms with Crippen LogP contribution >= 0.6 is 0 Å². The van der Waals surface area contributed by atoms with Gasteiger partial charge in [-0.2, -0.15) is 0 Å². The number of benzene rings is 1. The maximum Gasteiger partial charge on any atom is 0.123 e. The Morgan fingerprint density at radius 1 is 1.29 bits per heavy atom. The minimum absolute atomic E-state index is 0.254. The lowest BCUT2D eigenvalue weighted by Crippen LogP contribution is -2.33. The molecule has 0 aliphatic heterocycles. The van der Waals surface area contributed by atoms with Gasteiger partial charge in [-0.3, -0.25) is 0 Å². The van der Waals surface area contributed by atoms with E-state index in [4.69, 9.17) is 0 Å². The molecule has 0 amide bonds. The second-order valence-electron chi connectivity index (χ2n) is 4.71. The number of aliphatic hydroxyl groups excluding tert-OH is 1. The van der Waals surface area contributed by atoms with Crippen LogP contribution in [0.25, 0.3) is 0 Å². The maximum atomic E-state index is 12.8. The first kappa shape index (κ1) is 13.7. The minimum atomic E-state index is -0.478. The van der Waals surface area contributed by atoms with Crippen LogP contribution in [-0.2, 0) is 5.41 Å². The van der Waals surface area contributed by atoms with E-state index in [0.717, 1.165) is 5.56 Å². The van der Waals surface area contributed by atoms with Gasteiger partial charge in [-0.15, -0.1) is 11.8 Å². The fourth-order valence-electron chi connectivity index (χ4n) is 1.77. The highest BCUT2D eigenvalue weighted by atomic mass is 19.1. The third-order valence-corrected chi connectivity index (χ3v) is 3.14. The van der Waals surface area contributed by atoms with Gasteiger partial charge in [-0.05, 0) is 31.0 Å². The topological polar surface area (TPSA) is 20.2 Å². The van der Waals surface area contributed by atoms with Crippen LogP contribution in [0.3, 0.4) is 0 Å². The fourth-order valence-corrected chi connectivity index (χ4v) is 1.77. The average molecular weight is 234 g/mol. The zero-order valence-corrected chi connectivity index (χ0v) is 10.6. The monoisotopic (exact) mass is 234 g/mol. The maximum absolute atomic E-state index is 12.8. The summed E-state index contributed by atoms with van der Waals surface area (Å²) in [6, 6.07) is 6.30. The third kappa shape index (κ3) is 3.57. The van der Waals surface area contributed by atoms with Crippen LogP contribution in [0.15, 0.2) is 24.3 Å². The van der Waals surface area contributed by atoms with E-state index in [1.807, 2.05) is 13.8 Å². The zero-order valence-electron chi connectivity index (χ0n) is 10.6. The molecule has 0 saturated carbocycles. The van der Waals surface area contributed by atoms with Crippen LogP contribution < -0.4 is 0 Å². The summed E-state index contributed by atoms with van der Waals surface area (Å²) in [6.07, 6.45) is 0.835. The lowest BCUT2D eigenvalue weighted by Gasteiger charge is -2.31. The quantitative estimate of drug-likeness (QED) is 0.793. The van der Waals surface area contributed by atoms with E-state index in [2.05, 4.69) is 11.8 Å². The number of hydrogen-bond acceptors (Lipinski definition) is 1. The number of rotatable bonds is 4. The summed E-state index contributed by atoms with van der Waals surface area (Å²) in [5.74, 6) is 5.50. The number of hydrogen-bond donors (Lipinski definition) is 1. The molecule has 1 unspecified atom stereocenters. The first-order chi connectivity index (χ1) is 7.98. The third-order valence-electron chi connectivity index (χ3n) is 3.14. The molecule has 17 heavy (non-hydrogen) atoms. The molecule has 0 radical (unpaired) electrons. The molecule has 0 bridgehead atoms. The molecule has 1 rings (SSSR count). The van der Waals surface area contributed by atoms with E-state index in [0.29, 0.717) is 12.8 Å². The Morgan fingerprint density at radius 2 is 1.88 bits per heavy atom. The smallest absolute Gasteiger partial charge is 0.123 e. The number of halogens is 1. The van der Waals surface area contributed by atoms with Crippen molar-refractivity contribution in [2.24, 2.45) is 0 Å². The Hall–Kier alpha value is -1.33. The Balaban J connectivity index is 2.77. The van der Waals surface area contributed by atoms with Crippen molar-refractivity contribution in [2.45, 2.75) is 45.1 Å². The predicted molar refractivity (Wildman–Crippen MR) is 68.1 cm³/mol. The Labute approximate surface area is 103 Å². The van der Waals surface area contributed by atoms with Gasteiger partial charge in [0.05, 0.1) is 6.10 Å². The molecule has 1 N–H and O–H groups in total. The summed E-state index contributed by atoms with van der Waals surface area (Å²) in [7, 11) is 0. The van der Waals surface area contributed by atoms with Gasteiger partial charge < -0.3 is 5.11 Å². The summed E-state index contributed by atoms with van der Waals surface area (Å²) in [6.45, 7) is 5.71. The summed E-state index contributed by atoms with van der Waals surface area (Å²) in [5.41, 5.74) is 0.555.